The summed E-state index contributed by atoms with van der Waals surface area (Å²) >= 11 is 1.54. The van der Waals surface area contributed by atoms with Crippen LogP contribution in [0.5, 0.6) is 0 Å². The predicted molar refractivity (Wildman–Crippen MR) is 102 cm³/mol. The second-order valence-electron chi connectivity index (χ2n) is 6.02. The van der Waals surface area contributed by atoms with Crippen molar-refractivity contribution >= 4 is 23.2 Å². The van der Waals surface area contributed by atoms with Gasteiger partial charge in [-0.05, 0) is 29.1 Å². The molecule has 0 aliphatic carbocycles. The van der Waals surface area contributed by atoms with E-state index in [9.17, 15) is 14.0 Å². The van der Waals surface area contributed by atoms with E-state index in [1.807, 2.05) is 16.8 Å². The first-order valence-corrected chi connectivity index (χ1v) is 9.67. The van der Waals surface area contributed by atoms with Crippen molar-refractivity contribution in [3.8, 4) is 11.5 Å². The number of nitrogens with zero attached hydrogens (tertiary/aromatic N) is 2. The third-order valence-corrected chi connectivity index (χ3v) is 4.51. The van der Waals surface area contributed by atoms with E-state index in [4.69, 9.17) is 4.42 Å². The van der Waals surface area contributed by atoms with Crippen LogP contribution in [0.1, 0.15) is 17.9 Å². The Hall–Kier alpha value is -3.07. The van der Waals surface area contributed by atoms with E-state index in [1.165, 1.54) is 23.5 Å². The number of aryl methyl sites for hydroxylation is 1. The highest BCUT2D eigenvalue weighted by Crippen LogP contribution is 2.20. The van der Waals surface area contributed by atoms with Crippen molar-refractivity contribution in [2.75, 3.05) is 13.1 Å². The molecule has 1 aromatic carbocycles. The summed E-state index contributed by atoms with van der Waals surface area (Å²) in [7, 11) is 0. The lowest BCUT2D eigenvalue weighted by Crippen LogP contribution is -2.35. The minimum Gasteiger partial charge on any atom is -0.421 e. The molecule has 2 aromatic heterocycles. The van der Waals surface area contributed by atoms with Crippen molar-refractivity contribution in [3.63, 3.8) is 0 Å². The summed E-state index contributed by atoms with van der Waals surface area (Å²) in [5.74, 6) is 0.0694. The number of thiophene rings is 1. The van der Waals surface area contributed by atoms with Gasteiger partial charge < -0.3 is 15.1 Å². The average molecular weight is 402 g/mol. The van der Waals surface area contributed by atoms with E-state index in [0.29, 0.717) is 36.9 Å². The van der Waals surface area contributed by atoms with Gasteiger partial charge in [0.1, 0.15) is 5.82 Å². The third-order valence-electron chi connectivity index (χ3n) is 3.82. The summed E-state index contributed by atoms with van der Waals surface area (Å²) in [4.78, 5) is 23.7. The first-order valence-electron chi connectivity index (χ1n) is 8.73. The lowest BCUT2D eigenvalue weighted by molar-refractivity contribution is -0.122. The van der Waals surface area contributed by atoms with Gasteiger partial charge in [-0.2, -0.15) is 11.3 Å². The Morgan fingerprint density at radius 1 is 1.11 bits per heavy atom. The lowest BCUT2D eigenvalue weighted by atomic mass is 10.1. The Morgan fingerprint density at radius 3 is 2.68 bits per heavy atom. The molecular formula is C19H19FN4O3S. The van der Waals surface area contributed by atoms with E-state index in [-0.39, 0.29) is 30.5 Å². The molecule has 0 unspecified atom stereocenters. The van der Waals surface area contributed by atoms with Crippen LogP contribution in [0.3, 0.4) is 0 Å². The SMILES string of the molecule is O=C(CCc1nnc(-c2ccsc2)o1)NCCNC(=O)Cc1cccc(F)c1. The number of amides is 2. The fraction of sp³-hybridized carbons (Fsp3) is 0.263. The molecule has 9 heteroatoms. The van der Waals surface area contributed by atoms with Crippen LogP contribution < -0.4 is 10.6 Å². The van der Waals surface area contributed by atoms with Crippen molar-refractivity contribution in [1.82, 2.24) is 20.8 Å². The second-order valence-corrected chi connectivity index (χ2v) is 6.80. The Bertz CT molecular complexity index is 927. The Kier molecular flexibility index (Phi) is 6.85. The van der Waals surface area contributed by atoms with E-state index >= 15 is 0 Å². The van der Waals surface area contributed by atoms with Crippen LogP contribution in [0.15, 0.2) is 45.5 Å². The van der Waals surface area contributed by atoms with Crippen molar-refractivity contribution in [1.29, 1.82) is 0 Å². The molecule has 2 amide bonds. The zero-order valence-corrected chi connectivity index (χ0v) is 15.8. The highest BCUT2D eigenvalue weighted by atomic mass is 32.1. The highest BCUT2D eigenvalue weighted by molar-refractivity contribution is 7.08. The smallest absolute Gasteiger partial charge is 0.248 e. The van der Waals surface area contributed by atoms with Crippen LogP contribution in [0, 0.1) is 5.82 Å². The van der Waals surface area contributed by atoms with Crippen molar-refractivity contribution in [2.45, 2.75) is 19.3 Å². The molecule has 0 aliphatic rings. The second kappa shape index (κ2) is 9.75. The Morgan fingerprint density at radius 2 is 1.93 bits per heavy atom. The molecular weight excluding hydrogens is 383 g/mol. The molecule has 146 valence electrons. The molecule has 0 saturated carbocycles. The molecule has 0 fully saturated rings. The number of rotatable bonds is 9. The topological polar surface area (TPSA) is 97.1 Å². The molecule has 0 atom stereocenters. The largest absolute Gasteiger partial charge is 0.421 e. The lowest BCUT2D eigenvalue weighted by Gasteiger charge is -2.07. The van der Waals surface area contributed by atoms with Crippen molar-refractivity contribution in [2.24, 2.45) is 0 Å². The number of aromatic nitrogens is 2. The maximum Gasteiger partial charge on any atom is 0.248 e. The number of carbonyl (C=O) groups is 2. The van der Waals surface area contributed by atoms with Crippen molar-refractivity contribution in [3.05, 3.63) is 58.4 Å². The molecule has 3 rings (SSSR count). The van der Waals surface area contributed by atoms with E-state index < -0.39 is 0 Å². The van der Waals surface area contributed by atoms with Crippen LogP contribution in [0.2, 0.25) is 0 Å². The molecule has 0 aliphatic heterocycles. The highest BCUT2D eigenvalue weighted by Gasteiger charge is 2.11. The summed E-state index contributed by atoms with van der Waals surface area (Å²) in [6.07, 6.45) is 0.646. The molecule has 0 spiro atoms. The first kappa shape index (κ1) is 19.7. The fourth-order valence-electron chi connectivity index (χ4n) is 2.46. The molecule has 0 bridgehead atoms. The quantitative estimate of drug-likeness (QED) is 0.536. The standard InChI is InChI=1S/C19H19FN4O3S/c20-15-3-1-2-13(10-15)11-17(26)22-8-7-21-16(25)4-5-18-23-24-19(27-18)14-6-9-28-12-14/h1-3,6,9-10,12H,4-5,7-8,11H2,(H,21,25)(H,22,26). The van der Waals surface area contributed by atoms with Crippen molar-refractivity contribution < 1.29 is 18.4 Å². The summed E-state index contributed by atoms with van der Waals surface area (Å²) in [6, 6.07) is 7.78. The molecule has 0 radical (unpaired) electrons. The Labute approximate surface area is 165 Å². The minimum atomic E-state index is -0.374. The normalized spacial score (nSPS) is 10.6. The summed E-state index contributed by atoms with van der Waals surface area (Å²) in [6.45, 7) is 0.598. The summed E-state index contributed by atoms with van der Waals surface area (Å²) in [5.41, 5.74) is 1.46. The monoisotopic (exact) mass is 402 g/mol. The van der Waals surface area contributed by atoms with E-state index in [1.54, 1.807) is 12.1 Å². The average Bonchev–Trinajstić information content (AvgIpc) is 3.35. The molecule has 2 N–H and O–H groups in total. The molecule has 28 heavy (non-hydrogen) atoms. The maximum absolute atomic E-state index is 13.1. The number of hydrogen-bond donors (Lipinski definition) is 2. The maximum atomic E-state index is 13.1. The van der Waals surface area contributed by atoms with Gasteiger partial charge in [-0.25, -0.2) is 4.39 Å². The van der Waals surface area contributed by atoms with Gasteiger partial charge >= 0.3 is 0 Å². The number of nitrogens with one attached hydrogen (secondary N) is 2. The number of benzene rings is 1. The van der Waals surface area contributed by atoms with E-state index in [2.05, 4.69) is 20.8 Å². The van der Waals surface area contributed by atoms with Gasteiger partial charge in [0.05, 0.1) is 6.42 Å². The van der Waals surface area contributed by atoms with E-state index in [0.717, 1.165) is 5.56 Å². The van der Waals surface area contributed by atoms with Crippen LogP contribution in [0.4, 0.5) is 4.39 Å². The number of halogens is 1. The number of hydrogen-bond acceptors (Lipinski definition) is 6. The van der Waals surface area contributed by atoms with Gasteiger partial charge in [-0.15, -0.1) is 10.2 Å². The fourth-order valence-corrected chi connectivity index (χ4v) is 3.09. The van der Waals surface area contributed by atoms with Crippen LogP contribution in [0.25, 0.3) is 11.5 Å². The molecule has 3 aromatic rings. The van der Waals surface area contributed by atoms with Crippen LogP contribution >= 0.6 is 11.3 Å². The van der Waals surface area contributed by atoms with Gasteiger partial charge in [0.2, 0.25) is 23.6 Å². The van der Waals surface area contributed by atoms with Gasteiger partial charge in [-0.1, -0.05) is 12.1 Å². The summed E-state index contributed by atoms with van der Waals surface area (Å²) < 4.78 is 18.6. The Balaban J connectivity index is 1.31. The third kappa shape index (κ3) is 5.98. The molecule has 0 saturated heterocycles. The summed E-state index contributed by atoms with van der Waals surface area (Å²) in [5, 5.41) is 17.1. The van der Waals surface area contributed by atoms with Crippen LogP contribution in [-0.2, 0) is 22.4 Å². The molecule has 2 heterocycles. The van der Waals surface area contributed by atoms with Crippen LogP contribution in [-0.4, -0.2) is 35.1 Å². The van der Waals surface area contributed by atoms with Gasteiger partial charge in [0.25, 0.3) is 0 Å². The number of carbonyl (C=O) groups excluding carboxylic acids is 2. The zero-order chi connectivity index (χ0) is 19.8. The molecule has 7 nitrogen and oxygen atoms in total. The minimum absolute atomic E-state index is 0.0926. The van der Waals surface area contributed by atoms with Gasteiger partial charge in [0, 0.05) is 36.9 Å². The van der Waals surface area contributed by atoms with Gasteiger partial charge in [0.15, 0.2) is 0 Å². The van der Waals surface area contributed by atoms with Gasteiger partial charge in [-0.3, -0.25) is 9.59 Å². The first-order chi connectivity index (χ1) is 13.6. The zero-order valence-electron chi connectivity index (χ0n) is 15.0. The predicted octanol–water partition coefficient (Wildman–Crippen LogP) is 2.34.